The summed E-state index contributed by atoms with van der Waals surface area (Å²) >= 11 is 0. The van der Waals surface area contributed by atoms with E-state index in [0.717, 1.165) is 6.54 Å². The fourth-order valence-corrected chi connectivity index (χ4v) is 2.67. The minimum atomic E-state index is -3.06. The first-order valence-electron chi connectivity index (χ1n) is 6.71. The van der Waals surface area contributed by atoms with Crippen LogP contribution in [-0.4, -0.2) is 43.2 Å². The van der Waals surface area contributed by atoms with Crippen LogP contribution >= 0.6 is 0 Å². The number of aliphatic hydroxyl groups is 1. The summed E-state index contributed by atoms with van der Waals surface area (Å²) < 4.78 is 23.3. The predicted octanol–water partition coefficient (Wildman–Crippen LogP) is 1.59. The maximum absolute atomic E-state index is 11.7. The Morgan fingerprint density at radius 1 is 1.17 bits per heavy atom. The largest absolute Gasteiger partial charge is 0.390 e. The highest BCUT2D eigenvalue weighted by Gasteiger charge is 2.25. The molecule has 0 aromatic rings. The first kappa shape index (κ1) is 17.9. The Labute approximate surface area is 112 Å². The van der Waals surface area contributed by atoms with Crippen LogP contribution in [0.15, 0.2) is 0 Å². The van der Waals surface area contributed by atoms with Gasteiger partial charge in [0.15, 0.2) is 9.84 Å². The summed E-state index contributed by atoms with van der Waals surface area (Å²) in [6.45, 7) is 10.9. The van der Waals surface area contributed by atoms with Crippen LogP contribution in [0.5, 0.6) is 0 Å². The molecule has 4 nitrogen and oxygen atoms in total. The maximum atomic E-state index is 11.7. The zero-order valence-corrected chi connectivity index (χ0v) is 13.2. The second kappa shape index (κ2) is 7.46. The third-order valence-corrected chi connectivity index (χ3v) is 5.25. The van der Waals surface area contributed by atoms with E-state index in [2.05, 4.69) is 19.2 Å². The molecule has 0 fully saturated rings. The van der Waals surface area contributed by atoms with Crippen LogP contribution in [0.3, 0.4) is 0 Å². The molecule has 0 aromatic carbocycles. The predicted molar refractivity (Wildman–Crippen MR) is 76.5 cm³/mol. The fraction of sp³-hybridized carbons (Fsp3) is 1.00. The Bertz CT molecular complexity index is 321. The van der Waals surface area contributed by atoms with Crippen molar-refractivity contribution in [2.24, 2.45) is 5.92 Å². The van der Waals surface area contributed by atoms with Crippen molar-refractivity contribution >= 4 is 9.84 Å². The van der Waals surface area contributed by atoms with Gasteiger partial charge in [-0.1, -0.05) is 13.8 Å². The molecule has 0 rings (SSSR count). The number of sulfone groups is 1. The van der Waals surface area contributed by atoms with Gasteiger partial charge in [0.2, 0.25) is 0 Å². The van der Waals surface area contributed by atoms with Gasteiger partial charge in [-0.2, -0.15) is 0 Å². The van der Waals surface area contributed by atoms with Crippen LogP contribution in [0.1, 0.15) is 47.5 Å². The number of rotatable bonds is 9. The molecule has 110 valence electrons. The quantitative estimate of drug-likeness (QED) is 0.629. The minimum absolute atomic E-state index is 0.0574. The monoisotopic (exact) mass is 279 g/mol. The first-order chi connectivity index (χ1) is 8.07. The Morgan fingerprint density at radius 2 is 1.72 bits per heavy atom. The van der Waals surface area contributed by atoms with E-state index in [-0.39, 0.29) is 11.0 Å². The highest BCUT2D eigenvalue weighted by atomic mass is 32.2. The van der Waals surface area contributed by atoms with Gasteiger partial charge in [0, 0.05) is 0 Å². The van der Waals surface area contributed by atoms with Gasteiger partial charge in [-0.05, 0) is 52.6 Å². The van der Waals surface area contributed by atoms with Crippen LogP contribution in [0, 0.1) is 5.92 Å². The number of hydrogen-bond acceptors (Lipinski definition) is 4. The number of nitrogens with one attached hydrogen (secondary N) is 1. The van der Waals surface area contributed by atoms with Crippen molar-refractivity contribution in [2.75, 3.05) is 18.8 Å². The Hall–Kier alpha value is -0.130. The van der Waals surface area contributed by atoms with E-state index in [1.54, 1.807) is 20.8 Å². The molecule has 0 heterocycles. The van der Waals surface area contributed by atoms with Gasteiger partial charge in [0.05, 0.1) is 16.6 Å². The molecule has 5 heteroatoms. The second-order valence-electron chi connectivity index (χ2n) is 6.01. The number of hydrogen-bond donors (Lipinski definition) is 2. The Morgan fingerprint density at radius 3 is 2.17 bits per heavy atom. The molecule has 0 bridgehead atoms. The van der Waals surface area contributed by atoms with E-state index in [9.17, 15) is 13.5 Å². The van der Waals surface area contributed by atoms with Crippen molar-refractivity contribution in [3.63, 3.8) is 0 Å². The summed E-state index contributed by atoms with van der Waals surface area (Å²) in [5.74, 6) is 0.637. The molecule has 0 spiro atoms. The van der Waals surface area contributed by atoms with Crippen LogP contribution in [0.2, 0.25) is 0 Å². The van der Waals surface area contributed by atoms with Gasteiger partial charge in [-0.3, -0.25) is 0 Å². The molecule has 0 radical (unpaired) electrons. The van der Waals surface area contributed by atoms with E-state index in [1.807, 2.05) is 0 Å². The normalized spacial score (nSPS) is 16.2. The average Bonchev–Trinajstić information content (AvgIpc) is 2.22. The molecule has 18 heavy (non-hydrogen) atoms. The van der Waals surface area contributed by atoms with Gasteiger partial charge in [-0.25, -0.2) is 8.42 Å². The summed E-state index contributed by atoms with van der Waals surface area (Å²) in [4.78, 5) is 0. The molecule has 2 N–H and O–H groups in total. The first-order valence-corrected chi connectivity index (χ1v) is 8.43. The van der Waals surface area contributed by atoms with E-state index in [1.165, 1.54) is 0 Å². The molecule has 0 amide bonds. The maximum Gasteiger partial charge on any atom is 0.152 e. The summed E-state index contributed by atoms with van der Waals surface area (Å²) in [6.07, 6.45) is 0.879. The van der Waals surface area contributed by atoms with Crippen molar-refractivity contribution in [3.05, 3.63) is 0 Å². The zero-order chi connectivity index (χ0) is 14.4. The summed E-state index contributed by atoms with van der Waals surface area (Å²) in [7, 11) is -3.06. The second-order valence-corrected chi connectivity index (χ2v) is 8.69. The van der Waals surface area contributed by atoms with Gasteiger partial charge in [0.25, 0.3) is 0 Å². The molecular weight excluding hydrogens is 250 g/mol. The summed E-state index contributed by atoms with van der Waals surface area (Å²) in [5.41, 5.74) is -0.911. The van der Waals surface area contributed by atoms with Crippen LogP contribution in [0.4, 0.5) is 0 Å². The minimum Gasteiger partial charge on any atom is -0.390 e. The molecule has 0 saturated carbocycles. The lowest BCUT2D eigenvalue weighted by Gasteiger charge is -2.24. The van der Waals surface area contributed by atoms with Crippen molar-refractivity contribution in [1.29, 1.82) is 0 Å². The smallest absolute Gasteiger partial charge is 0.152 e. The topological polar surface area (TPSA) is 66.4 Å². The average molecular weight is 279 g/mol. The van der Waals surface area contributed by atoms with E-state index >= 15 is 0 Å². The molecule has 0 saturated heterocycles. The van der Waals surface area contributed by atoms with Crippen molar-refractivity contribution in [1.82, 2.24) is 5.32 Å². The van der Waals surface area contributed by atoms with Crippen LogP contribution in [0.25, 0.3) is 0 Å². The Kier molecular flexibility index (Phi) is 7.40. The van der Waals surface area contributed by atoms with Gasteiger partial charge in [0.1, 0.15) is 0 Å². The fourth-order valence-electron chi connectivity index (χ4n) is 1.47. The van der Waals surface area contributed by atoms with Crippen LogP contribution in [-0.2, 0) is 9.84 Å². The van der Waals surface area contributed by atoms with Gasteiger partial charge < -0.3 is 10.4 Å². The van der Waals surface area contributed by atoms with Gasteiger partial charge >= 0.3 is 0 Å². The molecular formula is C13H29NO3S. The molecule has 0 aliphatic carbocycles. The third kappa shape index (κ3) is 8.06. The lowest BCUT2D eigenvalue weighted by Crippen LogP contribution is -2.34. The Balaban J connectivity index is 4.01. The van der Waals surface area contributed by atoms with E-state index < -0.39 is 15.4 Å². The van der Waals surface area contributed by atoms with Crippen molar-refractivity contribution in [3.8, 4) is 0 Å². The van der Waals surface area contributed by atoms with Crippen molar-refractivity contribution < 1.29 is 13.5 Å². The molecule has 0 aliphatic heterocycles. The lowest BCUT2D eigenvalue weighted by molar-refractivity contribution is 0.0478. The molecule has 1 atom stereocenters. The standard InChI is InChI=1S/C13H29NO3S/c1-11(2)10-14-8-6-13(5,15)7-9-18(16,17)12(3)4/h11-12,14-15H,6-10H2,1-5H3. The lowest BCUT2D eigenvalue weighted by atomic mass is 9.99. The molecule has 0 aliphatic rings. The zero-order valence-electron chi connectivity index (χ0n) is 12.4. The van der Waals surface area contributed by atoms with Gasteiger partial charge in [-0.15, -0.1) is 0 Å². The molecule has 1 unspecified atom stereocenters. The molecule has 0 aromatic heterocycles. The van der Waals surface area contributed by atoms with E-state index in [0.29, 0.717) is 25.3 Å². The summed E-state index contributed by atoms with van der Waals surface area (Å²) in [5, 5.41) is 13.0. The van der Waals surface area contributed by atoms with Crippen LogP contribution < -0.4 is 5.32 Å². The highest BCUT2D eigenvalue weighted by molar-refractivity contribution is 7.91. The SMILES string of the molecule is CC(C)CNCCC(C)(O)CCS(=O)(=O)C(C)C. The van der Waals surface area contributed by atoms with E-state index in [4.69, 9.17) is 0 Å². The third-order valence-electron chi connectivity index (χ3n) is 3.04. The summed E-state index contributed by atoms with van der Waals surface area (Å²) in [6, 6.07) is 0. The highest BCUT2D eigenvalue weighted by Crippen LogP contribution is 2.16. The van der Waals surface area contributed by atoms with Crippen molar-refractivity contribution in [2.45, 2.75) is 58.3 Å².